The zero-order valence-electron chi connectivity index (χ0n) is 11.1. The molecule has 0 fully saturated rings. The molecular weight excluding hydrogens is 272 g/mol. The van der Waals surface area contributed by atoms with Crippen molar-refractivity contribution in [2.75, 3.05) is 0 Å². The summed E-state index contributed by atoms with van der Waals surface area (Å²) in [6.45, 7) is 0.470. The average molecular weight is 285 g/mol. The smallest absolute Gasteiger partial charge is 0.247 e. The Labute approximate surface area is 121 Å². The van der Waals surface area contributed by atoms with E-state index in [0.29, 0.717) is 17.5 Å². The van der Waals surface area contributed by atoms with Gasteiger partial charge in [0.05, 0.1) is 31.0 Å². The molecule has 6 heteroatoms. The number of carbonyl (C=O) groups is 2. The van der Waals surface area contributed by atoms with Crippen molar-refractivity contribution in [3.63, 3.8) is 0 Å². The highest BCUT2D eigenvalue weighted by Gasteiger charge is 2.14. The first-order chi connectivity index (χ1) is 10.1. The molecule has 2 aromatic rings. The lowest BCUT2D eigenvalue weighted by molar-refractivity contribution is -0.297. The van der Waals surface area contributed by atoms with Crippen LogP contribution in [0.3, 0.4) is 0 Å². The third-order valence-corrected chi connectivity index (χ3v) is 2.68. The number of carboxylic acid groups (broad SMARTS) is 1. The Balaban J connectivity index is 2.13. The van der Waals surface area contributed by atoms with Crippen molar-refractivity contribution in [2.24, 2.45) is 0 Å². The maximum Gasteiger partial charge on any atom is 0.247 e. The average Bonchev–Trinajstić information content (AvgIpc) is 2.98. The predicted octanol–water partition coefficient (Wildman–Crippen LogP) is 0.509. The second-order valence-electron chi connectivity index (χ2n) is 4.25. The molecule has 6 nitrogen and oxygen atoms in total. The van der Waals surface area contributed by atoms with E-state index in [9.17, 15) is 14.7 Å². The van der Waals surface area contributed by atoms with Crippen LogP contribution in [0, 0.1) is 0 Å². The van der Waals surface area contributed by atoms with Gasteiger partial charge in [0.1, 0.15) is 5.76 Å². The van der Waals surface area contributed by atoms with Crippen LogP contribution in [0.15, 0.2) is 59.4 Å². The van der Waals surface area contributed by atoms with Gasteiger partial charge in [-0.2, -0.15) is 0 Å². The highest BCUT2D eigenvalue weighted by molar-refractivity contribution is 5.93. The molecule has 0 saturated heterocycles. The number of rotatable bonds is 6. The van der Waals surface area contributed by atoms with E-state index in [4.69, 9.17) is 4.42 Å². The number of carbonyl (C=O) groups excluding carboxylic acids is 2. The highest BCUT2D eigenvalue weighted by Crippen LogP contribution is 2.10. The molecule has 0 bridgehead atoms. The molecule has 2 aromatic heterocycles. The second-order valence-corrected chi connectivity index (χ2v) is 4.25. The van der Waals surface area contributed by atoms with E-state index >= 15 is 0 Å². The van der Waals surface area contributed by atoms with E-state index in [0.717, 1.165) is 6.08 Å². The topological polar surface area (TPSA) is 86.5 Å². The van der Waals surface area contributed by atoms with Crippen LogP contribution in [-0.4, -0.2) is 21.8 Å². The Morgan fingerprint density at radius 2 is 2.05 bits per heavy atom. The number of hydrogen-bond donors (Lipinski definition) is 0. The highest BCUT2D eigenvalue weighted by atomic mass is 16.4. The van der Waals surface area contributed by atoms with Gasteiger partial charge >= 0.3 is 0 Å². The Kier molecular flexibility index (Phi) is 4.87. The lowest BCUT2D eigenvalue weighted by Crippen LogP contribution is -2.29. The van der Waals surface area contributed by atoms with Crippen LogP contribution >= 0.6 is 0 Å². The monoisotopic (exact) mass is 285 g/mol. The van der Waals surface area contributed by atoms with Crippen molar-refractivity contribution in [3.8, 4) is 0 Å². The molecule has 0 unspecified atom stereocenters. The van der Waals surface area contributed by atoms with Gasteiger partial charge in [-0.1, -0.05) is 6.07 Å². The summed E-state index contributed by atoms with van der Waals surface area (Å²) in [5.41, 5.74) is 0.694. The van der Waals surface area contributed by atoms with Gasteiger partial charge in [0.25, 0.3) is 0 Å². The van der Waals surface area contributed by atoms with Crippen molar-refractivity contribution in [1.29, 1.82) is 0 Å². The fourth-order valence-corrected chi connectivity index (χ4v) is 1.73. The molecular formula is C15H13N2O4-. The molecule has 2 rings (SSSR count). The zero-order chi connectivity index (χ0) is 15.1. The van der Waals surface area contributed by atoms with E-state index in [1.54, 1.807) is 30.5 Å². The minimum Gasteiger partial charge on any atom is -0.545 e. The normalized spacial score (nSPS) is 10.7. The van der Waals surface area contributed by atoms with E-state index in [1.165, 1.54) is 11.2 Å². The number of aromatic nitrogens is 1. The van der Waals surface area contributed by atoms with Crippen molar-refractivity contribution in [2.45, 2.75) is 13.1 Å². The Morgan fingerprint density at radius 1 is 1.19 bits per heavy atom. The van der Waals surface area contributed by atoms with E-state index in [-0.39, 0.29) is 13.1 Å². The van der Waals surface area contributed by atoms with Crippen molar-refractivity contribution in [3.05, 3.63) is 66.4 Å². The van der Waals surface area contributed by atoms with Crippen LogP contribution in [0.5, 0.6) is 0 Å². The number of carboxylic acids is 1. The standard InChI is InChI=1S/C15H14N2O4/c18-14(6-7-15(19)20)17(11-13-5-3-9-21-13)10-12-4-1-2-8-16-12/h1-9H,10-11H2,(H,19,20)/p-1/b7-6+. The Bertz CT molecular complexity index is 620. The molecule has 2 heterocycles. The number of hydrogen-bond acceptors (Lipinski definition) is 5. The molecule has 108 valence electrons. The molecule has 0 atom stereocenters. The van der Waals surface area contributed by atoms with Gasteiger partial charge in [-0.25, -0.2) is 0 Å². The molecule has 0 radical (unpaired) electrons. The van der Waals surface area contributed by atoms with Gasteiger partial charge in [-0.3, -0.25) is 9.78 Å². The molecule has 1 amide bonds. The minimum atomic E-state index is -1.42. The first-order valence-corrected chi connectivity index (χ1v) is 6.25. The molecule has 0 saturated carbocycles. The van der Waals surface area contributed by atoms with Gasteiger partial charge in [0.15, 0.2) is 0 Å². The number of aliphatic carboxylic acids is 1. The lowest BCUT2D eigenvalue weighted by atomic mass is 10.3. The molecule has 0 aliphatic carbocycles. The molecule has 0 aliphatic heterocycles. The maximum absolute atomic E-state index is 12.1. The van der Waals surface area contributed by atoms with Crippen LogP contribution in [-0.2, 0) is 22.7 Å². The SMILES string of the molecule is O=C([O-])/C=C/C(=O)N(Cc1ccccn1)Cc1ccco1. The quantitative estimate of drug-likeness (QED) is 0.722. The van der Waals surface area contributed by atoms with Crippen molar-refractivity contribution >= 4 is 11.9 Å². The second kappa shape index (κ2) is 7.04. The summed E-state index contributed by atoms with van der Waals surface area (Å²) in [7, 11) is 0. The summed E-state index contributed by atoms with van der Waals surface area (Å²) < 4.78 is 5.21. The molecule has 0 spiro atoms. The van der Waals surface area contributed by atoms with Gasteiger partial charge in [-0.15, -0.1) is 0 Å². The molecule has 21 heavy (non-hydrogen) atoms. The summed E-state index contributed by atoms with van der Waals surface area (Å²) in [5, 5.41) is 10.4. The van der Waals surface area contributed by atoms with E-state index in [1.807, 2.05) is 6.07 Å². The molecule has 0 aliphatic rings. The van der Waals surface area contributed by atoms with Crippen molar-refractivity contribution < 1.29 is 19.1 Å². The van der Waals surface area contributed by atoms with Crippen LogP contribution < -0.4 is 5.11 Å². The van der Waals surface area contributed by atoms with Crippen molar-refractivity contribution in [1.82, 2.24) is 9.88 Å². The number of amides is 1. The number of pyridine rings is 1. The van der Waals surface area contributed by atoms with Gasteiger partial charge < -0.3 is 19.2 Å². The first kappa shape index (κ1) is 14.5. The number of furan rings is 1. The zero-order valence-corrected chi connectivity index (χ0v) is 11.1. The molecule has 0 N–H and O–H groups in total. The largest absolute Gasteiger partial charge is 0.545 e. The third kappa shape index (κ3) is 4.61. The fourth-order valence-electron chi connectivity index (χ4n) is 1.73. The Hall–Kier alpha value is -2.89. The van der Waals surface area contributed by atoms with E-state index in [2.05, 4.69) is 4.98 Å². The first-order valence-electron chi connectivity index (χ1n) is 6.25. The third-order valence-electron chi connectivity index (χ3n) is 2.68. The summed E-state index contributed by atoms with van der Waals surface area (Å²) in [6, 6.07) is 8.83. The lowest BCUT2D eigenvalue weighted by Gasteiger charge is -2.19. The van der Waals surface area contributed by atoms with Gasteiger partial charge in [-0.05, 0) is 30.3 Å². The Morgan fingerprint density at radius 3 is 2.67 bits per heavy atom. The van der Waals surface area contributed by atoms with Crippen LogP contribution in [0.1, 0.15) is 11.5 Å². The minimum absolute atomic E-state index is 0.222. The summed E-state index contributed by atoms with van der Waals surface area (Å²) in [6.07, 6.45) is 4.80. The van der Waals surface area contributed by atoms with Crippen LogP contribution in [0.4, 0.5) is 0 Å². The number of nitrogens with zero attached hydrogens (tertiary/aromatic N) is 2. The summed E-state index contributed by atoms with van der Waals surface area (Å²) in [4.78, 5) is 28.0. The maximum atomic E-state index is 12.1. The van der Waals surface area contributed by atoms with E-state index < -0.39 is 11.9 Å². The van der Waals surface area contributed by atoms with Crippen LogP contribution in [0.25, 0.3) is 0 Å². The van der Waals surface area contributed by atoms with Crippen LogP contribution in [0.2, 0.25) is 0 Å². The summed E-state index contributed by atoms with van der Waals surface area (Å²) in [5.74, 6) is -1.28. The predicted molar refractivity (Wildman–Crippen MR) is 71.3 cm³/mol. The summed E-state index contributed by atoms with van der Waals surface area (Å²) >= 11 is 0. The van der Waals surface area contributed by atoms with Gasteiger partial charge in [0, 0.05) is 12.3 Å². The van der Waals surface area contributed by atoms with Gasteiger partial charge in [0.2, 0.25) is 5.91 Å². The fraction of sp³-hybridized carbons (Fsp3) is 0.133. The molecule has 0 aromatic carbocycles.